The van der Waals surface area contributed by atoms with Gasteiger partial charge in [-0.2, -0.15) is 0 Å². The number of phenolic OH excluding ortho intramolecular Hbond substituents is 1. The third-order valence-corrected chi connectivity index (χ3v) is 11.3. The lowest BCUT2D eigenvalue weighted by molar-refractivity contribution is 0.474. The van der Waals surface area contributed by atoms with Crippen LogP contribution < -0.4 is 5.19 Å². The van der Waals surface area contributed by atoms with Crippen molar-refractivity contribution in [2.75, 3.05) is 0 Å². The first-order valence-electron chi connectivity index (χ1n) is 9.58. The summed E-state index contributed by atoms with van der Waals surface area (Å²) < 4.78 is 0. The predicted molar refractivity (Wildman–Crippen MR) is 106 cm³/mol. The van der Waals surface area contributed by atoms with Crippen molar-refractivity contribution >= 4 is 13.3 Å². The summed E-state index contributed by atoms with van der Waals surface area (Å²) in [5.74, 6) is 1.06. The van der Waals surface area contributed by atoms with E-state index in [0.29, 0.717) is 11.7 Å². The first-order chi connectivity index (χ1) is 11.7. The molecule has 0 spiro atoms. The molecule has 2 aromatic rings. The Labute approximate surface area is 147 Å². The van der Waals surface area contributed by atoms with Crippen LogP contribution >= 0.6 is 0 Å². The molecule has 2 aromatic carbocycles. The minimum absolute atomic E-state index is 0.377. The Balaban J connectivity index is 1.73. The molecule has 0 atom stereocenters. The van der Waals surface area contributed by atoms with Gasteiger partial charge in [-0.1, -0.05) is 92.0 Å². The maximum Gasteiger partial charge on any atom is 0.115 e. The Morgan fingerprint density at radius 1 is 0.917 bits per heavy atom. The van der Waals surface area contributed by atoms with Crippen LogP contribution in [0.2, 0.25) is 18.1 Å². The molecule has 0 aromatic heterocycles. The van der Waals surface area contributed by atoms with Crippen molar-refractivity contribution in [1.29, 1.82) is 0 Å². The highest BCUT2D eigenvalue weighted by Gasteiger charge is 2.38. The van der Waals surface area contributed by atoms with E-state index < -0.39 is 8.07 Å². The lowest BCUT2D eigenvalue weighted by atomic mass is 9.93. The highest BCUT2D eigenvalue weighted by atomic mass is 28.3. The average Bonchev–Trinajstić information content (AvgIpc) is 2.64. The average molecular weight is 339 g/mol. The Morgan fingerprint density at radius 2 is 1.58 bits per heavy atom. The van der Waals surface area contributed by atoms with Gasteiger partial charge < -0.3 is 5.11 Å². The third kappa shape index (κ3) is 3.92. The summed E-state index contributed by atoms with van der Waals surface area (Å²) in [6.45, 7) is 2.30. The molecular formula is C22H30OSi. The van der Waals surface area contributed by atoms with Crippen LogP contribution in [0.5, 0.6) is 5.75 Å². The van der Waals surface area contributed by atoms with E-state index in [4.69, 9.17) is 0 Å². The number of benzene rings is 2. The maximum atomic E-state index is 9.51. The molecule has 0 unspecified atom stereocenters. The number of hydrogen-bond acceptors (Lipinski definition) is 1. The molecule has 1 N–H and O–H groups in total. The highest BCUT2D eigenvalue weighted by molar-refractivity contribution is 6.92. The zero-order valence-electron chi connectivity index (χ0n) is 14.9. The number of aromatic hydroxyl groups is 1. The zero-order valence-corrected chi connectivity index (χ0v) is 15.9. The smallest absolute Gasteiger partial charge is 0.115 e. The lowest BCUT2D eigenvalue weighted by Crippen LogP contribution is -2.49. The summed E-state index contributed by atoms with van der Waals surface area (Å²) >= 11 is 0. The van der Waals surface area contributed by atoms with Gasteiger partial charge in [0.25, 0.3) is 0 Å². The van der Waals surface area contributed by atoms with E-state index in [1.165, 1.54) is 55.8 Å². The summed E-state index contributed by atoms with van der Waals surface area (Å²) in [5.41, 5.74) is 1.41. The summed E-state index contributed by atoms with van der Waals surface area (Å²) in [6, 6.07) is 23.7. The van der Waals surface area contributed by atoms with E-state index in [9.17, 15) is 5.11 Å². The van der Waals surface area contributed by atoms with Crippen LogP contribution in [0.3, 0.4) is 0 Å². The van der Waals surface area contributed by atoms with Crippen molar-refractivity contribution in [3.63, 3.8) is 0 Å². The molecule has 0 saturated carbocycles. The Morgan fingerprint density at radius 3 is 2.21 bits per heavy atom. The minimum Gasteiger partial charge on any atom is -0.508 e. The van der Waals surface area contributed by atoms with Gasteiger partial charge in [0, 0.05) is 0 Å². The summed E-state index contributed by atoms with van der Waals surface area (Å²) in [6.07, 6.45) is 6.73. The standard InChI is InChI=1S/C22H30OSi/c1-2-3-7-16-24(22-8-5-4-6-9-22)17-14-20(15-18-24)19-10-12-21(23)13-11-19/h4-6,8-13,20,23H,2-3,7,14-18H2,1H3. The van der Waals surface area contributed by atoms with Crippen molar-refractivity contribution in [2.24, 2.45) is 0 Å². The normalized spacial score (nSPS) is 24.0. The largest absolute Gasteiger partial charge is 0.508 e. The van der Waals surface area contributed by atoms with E-state index >= 15 is 0 Å². The Bertz CT molecular complexity index is 612. The van der Waals surface area contributed by atoms with E-state index in [-0.39, 0.29) is 0 Å². The molecular weight excluding hydrogens is 308 g/mol. The fourth-order valence-electron chi connectivity index (χ4n) is 4.44. The quantitative estimate of drug-likeness (QED) is 0.520. The van der Waals surface area contributed by atoms with Gasteiger partial charge in [0.2, 0.25) is 0 Å². The van der Waals surface area contributed by atoms with Gasteiger partial charge in [-0.15, -0.1) is 0 Å². The first kappa shape index (κ1) is 17.3. The molecule has 0 bridgehead atoms. The molecule has 1 aliphatic rings. The number of unbranched alkanes of at least 4 members (excludes halogenated alkanes) is 2. The second kappa shape index (κ2) is 8.02. The molecule has 1 nitrogen and oxygen atoms in total. The molecule has 0 radical (unpaired) electrons. The monoisotopic (exact) mass is 338 g/mol. The van der Waals surface area contributed by atoms with Crippen LogP contribution in [0.25, 0.3) is 0 Å². The fourth-order valence-corrected chi connectivity index (χ4v) is 9.68. The molecule has 1 heterocycles. The van der Waals surface area contributed by atoms with Crippen molar-refractivity contribution < 1.29 is 5.11 Å². The van der Waals surface area contributed by atoms with E-state index in [1.807, 2.05) is 12.1 Å². The SMILES string of the molecule is CCCCC[Si]1(c2ccccc2)CCC(c2ccc(O)cc2)CC1. The van der Waals surface area contributed by atoms with Crippen LogP contribution in [-0.4, -0.2) is 13.2 Å². The van der Waals surface area contributed by atoms with E-state index in [1.54, 1.807) is 5.19 Å². The van der Waals surface area contributed by atoms with E-state index in [0.717, 1.165) is 0 Å². The topological polar surface area (TPSA) is 20.2 Å². The van der Waals surface area contributed by atoms with Crippen molar-refractivity contribution in [2.45, 2.75) is 63.1 Å². The van der Waals surface area contributed by atoms with Gasteiger partial charge in [-0.3, -0.25) is 0 Å². The van der Waals surface area contributed by atoms with Crippen molar-refractivity contribution in [1.82, 2.24) is 0 Å². The Kier molecular flexibility index (Phi) is 5.78. The molecule has 1 saturated heterocycles. The molecule has 0 amide bonds. The van der Waals surface area contributed by atoms with Crippen LogP contribution in [0, 0.1) is 0 Å². The molecule has 3 rings (SSSR count). The molecule has 1 fully saturated rings. The summed E-state index contributed by atoms with van der Waals surface area (Å²) in [4.78, 5) is 0. The number of phenols is 1. The second-order valence-corrected chi connectivity index (χ2v) is 12.1. The van der Waals surface area contributed by atoms with Gasteiger partial charge in [0.15, 0.2) is 0 Å². The van der Waals surface area contributed by atoms with Crippen LogP contribution in [-0.2, 0) is 0 Å². The lowest BCUT2D eigenvalue weighted by Gasteiger charge is -2.39. The van der Waals surface area contributed by atoms with Gasteiger partial charge in [0.05, 0.1) is 8.07 Å². The zero-order chi connectivity index (χ0) is 16.8. The fraction of sp³-hybridized carbons (Fsp3) is 0.455. The van der Waals surface area contributed by atoms with E-state index in [2.05, 4.69) is 49.4 Å². The van der Waals surface area contributed by atoms with Crippen LogP contribution in [0.1, 0.15) is 50.5 Å². The maximum absolute atomic E-state index is 9.51. The summed E-state index contributed by atoms with van der Waals surface area (Å²) in [5, 5.41) is 11.2. The van der Waals surface area contributed by atoms with Gasteiger partial charge in [-0.25, -0.2) is 0 Å². The molecule has 2 heteroatoms. The second-order valence-electron chi connectivity index (χ2n) is 7.47. The van der Waals surface area contributed by atoms with Crippen molar-refractivity contribution in [3.05, 3.63) is 60.2 Å². The summed E-state index contributed by atoms with van der Waals surface area (Å²) in [7, 11) is -1.33. The molecule has 24 heavy (non-hydrogen) atoms. The third-order valence-electron chi connectivity index (χ3n) is 5.95. The highest BCUT2D eigenvalue weighted by Crippen LogP contribution is 2.41. The Hall–Kier alpha value is -1.54. The van der Waals surface area contributed by atoms with Gasteiger partial charge in [-0.05, 0) is 36.5 Å². The number of hydrogen-bond donors (Lipinski definition) is 1. The molecule has 1 aliphatic heterocycles. The van der Waals surface area contributed by atoms with Crippen molar-refractivity contribution in [3.8, 4) is 5.75 Å². The minimum atomic E-state index is -1.33. The van der Waals surface area contributed by atoms with Gasteiger partial charge >= 0.3 is 0 Å². The predicted octanol–water partition coefficient (Wildman–Crippen LogP) is 5.82. The first-order valence-corrected chi connectivity index (χ1v) is 12.2. The number of rotatable bonds is 6. The molecule has 128 valence electrons. The molecule has 0 aliphatic carbocycles. The van der Waals surface area contributed by atoms with Gasteiger partial charge in [0.1, 0.15) is 5.75 Å². The van der Waals surface area contributed by atoms with Crippen LogP contribution in [0.15, 0.2) is 54.6 Å². The van der Waals surface area contributed by atoms with Crippen LogP contribution in [0.4, 0.5) is 0 Å².